The van der Waals surface area contributed by atoms with Crippen molar-refractivity contribution in [2.45, 2.75) is 17.7 Å². The maximum absolute atomic E-state index is 13.0. The Morgan fingerprint density at radius 1 is 1.21 bits per heavy atom. The van der Waals surface area contributed by atoms with Gasteiger partial charge in [0.25, 0.3) is 0 Å². The lowest BCUT2D eigenvalue weighted by atomic mass is 9.98. The molecule has 8 heteroatoms. The third-order valence-corrected chi connectivity index (χ3v) is 7.09. The average Bonchev–Trinajstić information content (AvgIpc) is 2.73. The summed E-state index contributed by atoms with van der Waals surface area (Å²) < 4.78 is 32.5. The second kappa shape index (κ2) is 8.51. The van der Waals surface area contributed by atoms with Gasteiger partial charge < -0.3 is 9.64 Å². The largest absolute Gasteiger partial charge is 0.497 e. The lowest BCUT2D eigenvalue weighted by molar-refractivity contribution is -0.123. The number of amides is 1. The Balaban J connectivity index is 1.76. The molecule has 28 heavy (non-hydrogen) atoms. The monoisotopic (exact) mass is 422 g/mol. The summed E-state index contributed by atoms with van der Waals surface area (Å²) in [6.07, 6.45) is 1.29. The van der Waals surface area contributed by atoms with Gasteiger partial charge in [-0.25, -0.2) is 8.42 Å². The molecule has 0 bridgehead atoms. The third kappa shape index (κ3) is 4.32. The van der Waals surface area contributed by atoms with Gasteiger partial charge in [-0.15, -0.1) is 0 Å². The molecule has 2 aromatic rings. The molecular formula is C20H23ClN2O4S. The Morgan fingerprint density at radius 2 is 1.93 bits per heavy atom. The number of halogens is 1. The Hall–Kier alpha value is -2.09. The first-order chi connectivity index (χ1) is 13.3. The summed E-state index contributed by atoms with van der Waals surface area (Å²) in [5.41, 5.74) is 0.710. The van der Waals surface area contributed by atoms with E-state index in [4.69, 9.17) is 16.3 Å². The summed E-state index contributed by atoms with van der Waals surface area (Å²) in [5.74, 6) is 0.157. The van der Waals surface area contributed by atoms with Crippen molar-refractivity contribution >= 4 is 33.2 Å². The lowest BCUT2D eigenvalue weighted by Crippen LogP contribution is -2.45. The van der Waals surface area contributed by atoms with Gasteiger partial charge in [0.1, 0.15) is 5.75 Å². The average molecular weight is 423 g/mol. The molecule has 0 saturated carbocycles. The van der Waals surface area contributed by atoms with Crippen LogP contribution in [0.5, 0.6) is 5.75 Å². The number of benzene rings is 2. The number of anilines is 1. The molecule has 1 atom stereocenters. The van der Waals surface area contributed by atoms with Crippen molar-refractivity contribution in [2.75, 3.05) is 32.1 Å². The van der Waals surface area contributed by atoms with Gasteiger partial charge in [-0.2, -0.15) is 4.31 Å². The van der Waals surface area contributed by atoms with E-state index >= 15 is 0 Å². The Kier molecular flexibility index (Phi) is 6.27. The molecule has 0 aromatic heterocycles. The number of carbonyl (C=O) groups is 1. The highest BCUT2D eigenvalue weighted by Gasteiger charge is 2.34. The number of hydrogen-bond acceptors (Lipinski definition) is 4. The number of hydrogen-bond donors (Lipinski definition) is 0. The van der Waals surface area contributed by atoms with E-state index in [1.54, 1.807) is 37.3 Å². The van der Waals surface area contributed by atoms with E-state index in [1.807, 2.05) is 18.2 Å². The smallest absolute Gasteiger partial charge is 0.243 e. The number of sulfonamides is 1. The van der Waals surface area contributed by atoms with Crippen molar-refractivity contribution < 1.29 is 17.9 Å². The fourth-order valence-corrected chi connectivity index (χ4v) is 4.99. The maximum Gasteiger partial charge on any atom is 0.243 e. The van der Waals surface area contributed by atoms with Gasteiger partial charge in [0.05, 0.1) is 17.9 Å². The maximum atomic E-state index is 13.0. The SMILES string of the molecule is COc1cccc(N(C)C(=O)C2CCCN(S(=O)(=O)c3ccc(Cl)cc3)C2)c1. The van der Waals surface area contributed by atoms with Crippen molar-refractivity contribution in [3.05, 3.63) is 53.6 Å². The minimum Gasteiger partial charge on any atom is -0.497 e. The number of methoxy groups -OCH3 is 1. The molecule has 1 heterocycles. The molecule has 1 fully saturated rings. The first-order valence-corrected chi connectivity index (χ1v) is 10.8. The van der Waals surface area contributed by atoms with Gasteiger partial charge in [0.2, 0.25) is 15.9 Å². The first-order valence-electron chi connectivity index (χ1n) is 9.00. The van der Waals surface area contributed by atoms with E-state index in [0.29, 0.717) is 35.8 Å². The highest BCUT2D eigenvalue weighted by Crippen LogP contribution is 2.28. The Labute approximate surface area is 170 Å². The molecule has 0 spiro atoms. The molecule has 0 radical (unpaired) electrons. The van der Waals surface area contributed by atoms with E-state index in [2.05, 4.69) is 0 Å². The van der Waals surface area contributed by atoms with Crippen molar-refractivity contribution in [1.82, 2.24) is 4.31 Å². The summed E-state index contributed by atoms with van der Waals surface area (Å²) in [5, 5.41) is 0.477. The molecule has 1 amide bonds. The van der Waals surface area contributed by atoms with Crippen LogP contribution in [0.3, 0.4) is 0 Å². The van der Waals surface area contributed by atoms with E-state index in [1.165, 1.54) is 16.4 Å². The van der Waals surface area contributed by atoms with E-state index in [-0.39, 0.29) is 17.3 Å². The summed E-state index contributed by atoms with van der Waals surface area (Å²) in [7, 11) is -0.393. The zero-order chi connectivity index (χ0) is 20.3. The van der Waals surface area contributed by atoms with Crippen LogP contribution in [-0.2, 0) is 14.8 Å². The van der Waals surface area contributed by atoms with Gasteiger partial charge in [0.15, 0.2) is 0 Å². The lowest BCUT2D eigenvalue weighted by Gasteiger charge is -2.33. The van der Waals surface area contributed by atoms with Gasteiger partial charge in [-0.1, -0.05) is 17.7 Å². The van der Waals surface area contributed by atoms with Gasteiger partial charge in [0, 0.05) is 36.9 Å². The molecule has 150 valence electrons. The third-order valence-electron chi connectivity index (χ3n) is 4.96. The number of carbonyl (C=O) groups excluding carboxylic acids is 1. The van der Waals surface area contributed by atoms with Gasteiger partial charge >= 0.3 is 0 Å². The molecule has 2 aromatic carbocycles. The van der Waals surface area contributed by atoms with Crippen molar-refractivity contribution in [3.8, 4) is 5.75 Å². The Bertz CT molecular complexity index is 947. The highest BCUT2D eigenvalue weighted by molar-refractivity contribution is 7.89. The molecule has 6 nitrogen and oxygen atoms in total. The quantitative estimate of drug-likeness (QED) is 0.740. The van der Waals surface area contributed by atoms with Crippen LogP contribution in [0.2, 0.25) is 5.02 Å². The number of piperidine rings is 1. The zero-order valence-electron chi connectivity index (χ0n) is 15.8. The summed E-state index contributed by atoms with van der Waals surface area (Å²) in [6.45, 7) is 0.565. The molecule has 1 aliphatic heterocycles. The standard InChI is InChI=1S/C20H23ClN2O4S/c1-22(17-6-3-7-18(13-17)27-2)20(24)15-5-4-12-23(14-15)28(25,26)19-10-8-16(21)9-11-19/h3,6-11,13,15H,4-5,12,14H2,1-2H3. The van der Waals surface area contributed by atoms with E-state index < -0.39 is 15.9 Å². The molecule has 1 saturated heterocycles. The minimum absolute atomic E-state index is 0.107. The van der Waals surface area contributed by atoms with Crippen LogP contribution in [0.1, 0.15) is 12.8 Å². The fraction of sp³-hybridized carbons (Fsp3) is 0.350. The van der Waals surface area contributed by atoms with Crippen LogP contribution >= 0.6 is 11.6 Å². The molecule has 0 N–H and O–H groups in total. The van der Waals surface area contributed by atoms with Gasteiger partial charge in [-0.05, 0) is 49.2 Å². The topological polar surface area (TPSA) is 66.9 Å². The normalized spacial score (nSPS) is 17.9. The van der Waals surface area contributed by atoms with Crippen LogP contribution < -0.4 is 9.64 Å². The van der Waals surface area contributed by atoms with Crippen LogP contribution in [0.15, 0.2) is 53.4 Å². The summed E-state index contributed by atoms with van der Waals surface area (Å²) in [4.78, 5) is 14.7. The molecule has 1 unspecified atom stereocenters. The van der Waals surface area contributed by atoms with E-state index in [9.17, 15) is 13.2 Å². The van der Waals surface area contributed by atoms with Crippen molar-refractivity contribution in [1.29, 1.82) is 0 Å². The molecule has 0 aliphatic carbocycles. The minimum atomic E-state index is -3.66. The first kappa shape index (κ1) is 20.6. The molecule has 1 aliphatic rings. The number of rotatable bonds is 5. The van der Waals surface area contributed by atoms with Crippen LogP contribution in [0.4, 0.5) is 5.69 Å². The van der Waals surface area contributed by atoms with E-state index in [0.717, 1.165) is 0 Å². The van der Waals surface area contributed by atoms with Crippen LogP contribution in [0.25, 0.3) is 0 Å². The summed E-state index contributed by atoms with van der Waals surface area (Å²) in [6, 6.07) is 13.3. The van der Waals surface area contributed by atoms with Crippen LogP contribution in [0, 0.1) is 5.92 Å². The highest BCUT2D eigenvalue weighted by atomic mass is 35.5. The molecular weight excluding hydrogens is 400 g/mol. The second-order valence-corrected chi connectivity index (χ2v) is 9.13. The fourth-order valence-electron chi connectivity index (χ4n) is 3.34. The zero-order valence-corrected chi connectivity index (χ0v) is 17.4. The number of ether oxygens (including phenoxy) is 1. The van der Waals surface area contributed by atoms with Crippen LogP contribution in [-0.4, -0.2) is 45.9 Å². The summed E-state index contributed by atoms with van der Waals surface area (Å²) >= 11 is 5.86. The predicted molar refractivity (Wildman–Crippen MR) is 109 cm³/mol. The second-order valence-electron chi connectivity index (χ2n) is 6.75. The number of nitrogens with zero attached hydrogens (tertiary/aromatic N) is 2. The van der Waals surface area contributed by atoms with Crippen molar-refractivity contribution in [3.63, 3.8) is 0 Å². The van der Waals surface area contributed by atoms with Gasteiger partial charge in [-0.3, -0.25) is 4.79 Å². The Morgan fingerprint density at radius 3 is 2.61 bits per heavy atom. The predicted octanol–water partition coefficient (Wildman–Crippen LogP) is 3.41. The van der Waals surface area contributed by atoms with Crippen molar-refractivity contribution in [2.24, 2.45) is 5.92 Å². The molecule has 3 rings (SSSR count).